The van der Waals surface area contributed by atoms with E-state index in [4.69, 9.17) is 4.74 Å². The number of hydrogen-bond acceptors (Lipinski definition) is 4. The highest BCUT2D eigenvalue weighted by Crippen LogP contribution is 2.23. The van der Waals surface area contributed by atoms with E-state index >= 15 is 0 Å². The van der Waals surface area contributed by atoms with Gasteiger partial charge in [0.15, 0.2) is 0 Å². The maximum Gasteiger partial charge on any atom is 0.257 e. The average molecular weight is 419 g/mol. The Kier molecular flexibility index (Phi) is 6.24. The fourth-order valence-corrected chi connectivity index (χ4v) is 3.39. The molecule has 0 aliphatic carbocycles. The molecule has 3 aromatic rings. The van der Waals surface area contributed by atoms with Gasteiger partial charge in [0.1, 0.15) is 5.82 Å². The van der Waals surface area contributed by atoms with Crippen LogP contribution in [0, 0.1) is 5.82 Å². The van der Waals surface area contributed by atoms with Gasteiger partial charge in [-0.25, -0.2) is 4.39 Å². The maximum atomic E-state index is 13.5. The Morgan fingerprint density at radius 1 is 0.871 bits per heavy atom. The van der Waals surface area contributed by atoms with Crippen molar-refractivity contribution in [1.82, 2.24) is 4.90 Å². The van der Waals surface area contributed by atoms with E-state index in [9.17, 15) is 14.0 Å². The number of morpholine rings is 1. The summed E-state index contributed by atoms with van der Waals surface area (Å²) in [4.78, 5) is 27.4. The van der Waals surface area contributed by atoms with Gasteiger partial charge in [0, 0.05) is 30.0 Å². The lowest BCUT2D eigenvalue weighted by atomic mass is 10.1. The summed E-state index contributed by atoms with van der Waals surface area (Å²) in [5.41, 5.74) is 2.51. The average Bonchev–Trinajstić information content (AvgIpc) is 2.80. The summed E-state index contributed by atoms with van der Waals surface area (Å²) in [6.07, 6.45) is 0. The standard InChI is InChI=1S/C24H22FN3O3/c25-18-6-4-8-20(16-18)26-22-10-2-1-9-21(22)23(29)27-19-7-3-5-17(15-19)24(30)28-11-13-31-14-12-28/h1-10,15-16,26H,11-14H2,(H,27,29). The highest BCUT2D eigenvalue weighted by Gasteiger charge is 2.19. The number of amides is 2. The lowest BCUT2D eigenvalue weighted by Gasteiger charge is -2.27. The number of para-hydroxylation sites is 1. The van der Waals surface area contributed by atoms with Gasteiger partial charge in [-0.1, -0.05) is 24.3 Å². The third-order valence-corrected chi connectivity index (χ3v) is 4.94. The summed E-state index contributed by atoms with van der Waals surface area (Å²) in [6, 6.07) is 19.9. The highest BCUT2D eigenvalue weighted by molar-refractivity contribution is 6.09. The van der Waals surface area contributed by atoms with Crippen LogP contribution in [-0.4, -0.2) is 43.0 Å². The van der Waals surface area contributed by atoms with Gasteiger partial charge in [-0.15, -0.1) is 0 Å². The SMILES string of the molecule is O=C(Nc1cccc(C(=O)N2CCOCC2)c1)c1ccccc1Nc1cccc(F)c1. The Morgan fingerprint density at radius 3 is 2.42 bits per heavy atom. The summed E-state index contributed by atoms with van der Waals surface area (Å²) in [5, 5.41) is 5.92. The molecule has 4 rings (SSSR count). The Hall–Kier alpha value is -3.71. The molecule has 0 saturated carbocycles. The molecule has 31 heavy (non-hydrogen) atoms. The molecule has 2 amide bonds. The smallest absolute Gasteiger partial charge is 0.257 e. The van der Waals surface area contributed by atoms with Gasteiger partial charge in [-0.2, -0.15) is 0 Å². The maximum absolute atomic E-state index is 13.5. The first-order chi connectivity index (χ1) is 15.1. The Balaban J connectivity index is 1.50. The molecule has 3 aromatic carbocycles. The number of benzene rings is 3. The normalized spacial score (nSPS) is 13.5. The first-order valence-electron chi connectivity index (χ1n) is 10.0. The zero-order chi connectivity index (χ0) is 21.6. The van der Waals surface area contributed by atoms with Crippen molar-refractivity contribution >= 4 is 28.9 Å². The predicted octanol–water partition coefficient (Wildman–Crippen LogP) is 4.29. The molecular weight excluding hydrogens is 397 g/mol. The highest BCUT2D eigenvalue weighted by atomic mass is 19.1. The molecule has 6 nitrogen and oxygen atoms in total. The molecule has 0 radical (unpaired) electrons. The van der Waals surface area contributed by atoms with Crippen LogP contribution in [0.5, 0.6) is 0 Å². The van der Waals surface area contributed by atoms with Crippen LogP contribution in [0.4, 0.5) is 21.5 Å². The van der Waals surface area contributed by atoms with Crippen molar-refractivity contribution in [2.24, 2.45) is 0 Å². The Bertz CT molecular complexity index is 1100. The fraction of sp³-hybridized carbons (Fsp3) is 0.167. The molecule has 1 heterocycles. The second kappa shape index (κ2) is 9.40. The van der Waals surface area contributed by atoms with Crippen LogP contribution in [0.2, 0.25) is 0 Å². The minimum atomic E-state index is -0.367. The second-order valence-corrected chi connectivity index (χ2v) is 7.12. The summed E-state index contributed by atoms with van der Waals surface area (Å²) < 4.78 is 18.8. The minimum absolute atomic E-state index is 0.0902. The van der Waals surface area contributed by atoms with Crippen molar-refractivity contribution in [2.45, 2.75) is 0 Å². The van der Waals surface area contributed by atoms with Crippen LogP contribution in [0.1, 0.15) is 20.7 Å². The lowest BCUT2D eigenvalue weighted by Crippen LogP contribution is -2.40. The van der Waals surface area contributed by atoms with Crippen LogP contribution in [0.25, 0.3) is 0 Å². The molecule has 158 valence electrons. The molecule has 0 aromatic heterocycles. The minimum Gasteiger partial charge on any atom is -0.378 e. The van der Waals surface area contributed by atoms with Gasteiger partial charge in [-0.05, 0) is 48.5 Å². The number of halogens is 1. The Labute approximate surface area is 179 Å². The van der Waals surface area contributed by atoms with E-state index in [1.807, 2.05) is 0 Å². The van der Waals surface area contributed by atoms with Crippen LogP contribution < -0.4 is 10.6 Å². The van der Waals surface area contributed by atoms with Crippen LogP contribution in [-0.2, 0) is 4.74 Å². The molecule has 2 N–H and O–H groups in total. The molecule has 1 fully saturated rings. The number of rotatable bonds is 5. The lowest BCUT2D eigenvalue weighted by molar-refractivity contribution is 0.0303. The monoisotopic (exact) mass is 419 g/mol. The van der Waals surface area contributed by atoms with Gasteiger partial charge in [0.05, 0.1) is 24.5 Å². The Morgan fingerprint density at radius 2 is 1.61 bits per heavy atom. The number of carbonyl (C=O) groups is 2. The third kappa shape index (κ3) is 5.07. The van der Waals surface area contributed by atoms with Gasteiger partial charge >= 0.3 is 0 Å². The van der Waals surface area contributed by atoms with Crippen molar-refractivity contribution < 1.29 is 18.7 Å². The zero-order valence-corrected chi connectivity index (χ0v) is 16.8. The van der Waals surface area contributed by atoms with E-state index in [1.165, 1.54) is 12.1 Å². The number of hydrogen-bond donors (Lipinski definition) is 2. The van der Waals surface area contributed by atoms with E-state index in [-0.39, 0.29) is 17.6 Å². The van der Waals surface area contributed by atoms with Gasteiger partial charge in [0.2, 0.25) is 0 Å². The molecule has 0 spiro atoms. The van der Waals surface area contributed by atoms with Gasteiger partial charge in [0.25, 0.3) is 11.8 Å². The predicted molar refractivity (Wildman–Crippen MR) is 117 cm³/mol. The number of ether oxygens (including phenoxy) is 1. The van der Waals surface area contributed by atoms with Crippen LogP contribution >= 0.6 is 0 Å². The quantitative estimate of drug-likeness (QED) is 0.647. The topological polar surface area (TPSA) is 70.7 Å². The largest absolute Gasteiger partial charge is 0.378 e. The number of nitrogens with zero attached hydrogens (tertiary/aromatic N) is 1. The fourth-order valence-electron chi connectivity index (χ4n) is 3.39. The summed E-state index contributed by atoms with van der Waals surface area (Å²) >= 11 is 0. The van der Waals surface area contributed by atoms with E-state index in [1.54, 1.807) is 65.6 Å². The van der Waals surface area contributed by atoms with Crippen molar-refractivity contribution in [3.63, 3.8) is 0 Å². The molecule has 1 aliphatic rings. The summed E-state index contributed by atoms with van der Waals surface area (Å²) in [7, 11) is 0. The molecule has 0 unspecified atom stereocenters. The van der Waals surface area contributed by atoms with Crippen molar-refractivity contribution in [1.29, 1.82) is 0 Å². The second-order valence-electron chi connectivity index (χ2n) is 7.12. The van der Waals surface area contributed by atoms with Crippen LogP contribution in [0.3, 0.4) is 0 Å². The number of nitrogens with one attached hydrogen (secondary N) is 2. The molecule has 1 aliphatic heterocycles. The molecular formula is C24H22FN3O3. The summed E-state index contributed by atoms with van der Waals surface area (Å²) in [5.74, 6) is -0.795. The van der Waals surface area contributed by atoms with Crippen LogP contribution in [0.15, 0.2) is 72.8 Å². The van der Waals surface area contributed by atoms with Gasteiger partial charge in [-0.3, -0.25) is 9.59 Å². The molecule has 0 bridgehead atoms. The third-order valence-electron chi connectivity index (χ3n) is 4.94. The van der Waals surface area contributed by atoms with Crippen molar-refractivity contribution in [3.05, 3.63) is 89.7 Å². The number of anilines is 3. The van der Waals surface area contributed by atoms with E-state index < -0.39 is 0 Å². The van der Waals surface area contributed by atoms with E-state index in [0.717, 1.165) is 0 Å². The first kappa shape index (κ1) is 20.6. The van der Waals surface area contributed by atoms with Gasteiger partial charge < -0.3 is 20.3 Å². The van der Waals surface area contributed by atoms with E-state index in [2.05, 4.69) is 10.6 Å². The van der Waals surface area contributed by atoms with Crippen molar-refractivity contribution in [2.75, 3.05) is 36.9 Å². The molecule has 1 saturated heterocycles. The summed E-state index contributed by atoms with van der Waals surface area (Å²) in [6.45, 7) is 2.15. The molecule has 0 atom stereocenters. The first-order valence-corrected chi connectivity index (χ1v) is 10.0. The number of carbonyl (C=O) groups excluding carboxylic acids is 2. The zero-order valence-electron chi connectivity index (χ0n) is 16.8. The van der Waals surface area contributed by atoms with E-state index in [0.29, 0.717) is 54.5 Å². The molecule has 7 heteroatoms. The van der Waals surface area contributed by atoms with Crippen molar-refractivity contribution in [3.8, 4) is 0 Å².